The fourth-order valence-corrected chi connectivity index (χ4v) is 5.81. The number of carbonyl (C=O) groups is 1. The Bertz CT molecular complexity index is 681. The lowest BCUT2D eigenvalue weighted by molar-refractivity contribution is -0.964. The minimum atomic E-state index is -0.684. The van der Waals surface area contributed by atoms with E-state index in [1.807, 2.05) is 18.2 Å². The number of carbonyl (C=O) groups excluding carboxylic acids is 1. The maximum absolute atomic E-state index is 13.7. The number of halogens is 1. The van der Waals surface area contributed by atoms with Gasteiger partial charge in [0.05, 0.1) is 19.1 Å². The van der Waals surface area contributed by atoms with Crippen LogP contribution in [-0.4, -0.2) is 60.2 Å². The van der Waals surface area contributed by atoms with Gasteiger partial charge in [0, 0.05) is 18.8 Å². The van der Waals surface area contributed by atoms with Gasteiger partial charge in [0.25, 0.3) is 0 Å². The first kappa shape index (κ1) is 23.0. The van der Waals surface area contributed by atoms with Crippen LogP contribution < -0.4 is 24.0 Å². The summed E-state index contributed by atoms with van der Waals surface area (Å²) < 4.78 is 7.50. The summed E-state index contributed by atoms with van der Waals surface area (Å²) in [7, 11) is 0. The highest BCUT2D eigenvalue weighted by Gasteiger charge is 2.51. The van der Waals surface area contributed by atoms with Gasteiger partial charge in [0.1, 0.15) is 12.1 Å². The summed E-state index contributed by atoms with van der Waals surface area (Å²) in [5.74, 6) is 0.505. The second-order valence-electron chi connectivity index (χ2n) is 9.71. The van der Waals surface area contributed by atoms with E-state index in [-0.39, 0.29) is 36.0 Å². The number of esters is 1. The summed E-state index contributed by atoms with van der Waals surface area (Å²) in [6.07, 6.45) is 6.05. The number of hydrogen-bond donors (Lipinski definition) is 0. The largest absolute Gasteiger partial charge is 1.00 e. The van der Waals surface area contributed by atoms with Gasteiger partial charge in [0.2, 0.25) is 0 Å². The fraction of sp³-hybridized carbons (Fsp3) is 0.708. The molecule has 29 heavy (non-hydrogen) atoms. The van der Waals surface area contributed by atoms with Gasteiger partial charge in [-0.1, -0.05) is 36.8 Å². The predicted octanol–water partition coefficient (Wildman–Crippen LogP) is 0.952. The summed E-state index contributed by atoms with van der Waals surface area (Å²) >= 11 is 0. The predicted molar refractivity (Wildman–Crippen MR) is 112 cm³/mol. The highest BCUT2D eigenvalue weighted by Crippen LogP contribution is 2.39. The number of rotatable bonds is 5. The normalized spacial score (nSPS) is 31.7. The van der Waals surface area contributed by atoms with Crippen molar-refractivity contribution >= 4 is 5.97 Å². The molecule has 4 aliphatic rings. The zero-order valence-electron chi connectivity index (χ0n) is 18.3. The Morgan fingerprint density at radius 1 is 1.10 bits per heavy atom. The molecule has 0 radical (unpaired) electrons. The van der Waals surface area contributed by atoms with Crippen LogP contribution >= 0.6 is 0 Å². The number of quaternary nitrogens is 1. The van der Waals surface area contributed by atoms with Gasteiger partial charge in [0.15, 0.2) is 6.10 Å². The monoisotopic (exact) mass is 512 g/mol. The molecule has 0 unspecified atom stereocenters. The molecule has 0 aliphatic carbocycles. The molecule has 5 rings (SSSR count). The molecule has 0 N–H and O–H groups in total. The Balaban J connectivity index is 0.00000240. The molecule has 0 spiro atoms. The van der Waals surface area contributed by atoms with E-state index < -0.39 is 5.54 Å². The van der Waals surface area contributed by atoms with Crippen molar-refractivity contribution in [3.8, 4) is 0 Å². The Morgan fingerprint density at radius 3 is 2.31 bits per heavy atom. The first-order chi connectivity index (χ1) is 13.5. The summed E-state index contributed by atoms with van der Waals surface area (Å²) in [6, 6.07) is 10.9. The number of piperidine rings is 4. The number of nitrogens with zero attached hydrogens (tertiary/aromatic N) is 2. The van der Waals surface area contributed by atoms with Crippen LogP contribution in [0.3, 0.4) is 0 Å². The van der Waals surface area contributed by atoms with E-state index in [1.54, 1.807) is 0 Å². The zero-order chi connectivity index (χ0) is 19.8. The first-order valence-corrected chi connectivity index (χ1v) is 11.3. The van der Waals surface area contributed by atoms with Crippen molar-refractivity contribution in [1.82, 2.24) is 4.90 Å². The maximum atomic E-state index is 13.7. The molecular formula is C24H37IN2O2. The molecule has 0 amide bonds. The van der Waals surface area contributed by atoms with Gasteiger partial charge in [-0.2, -0.15) is 0 Å². The van der Waals surface area contributed by atoms with Crippen molar-refractivity contribution in [2.24, 2.45) is 5.92 Å². The molecule has 4 fully saturated rings. The van der Waals surface area contributed by atoms with E-state index in [0.717, 1.165) is 42.5 Å². The van der Waals surface area contributed by atoms with Crippen LogP contribution in [0.1, 0.15) is 58.4 Å². The number of fused-ring (bicyclic) bond motifs is 3. The third-order valence-electron chi connectivity index (χ3n) is 8.04. The van der Waals surface area contributed by atoms with E-state index >= 15 is 0 Å². The Morgan fingerprint density at radius 2 is 1.72 bits per heavy atom. The first-order valence-electron chi connectivity index (χ1n) is 11.3. The second kappa shape index (κ2) is 9.23. The van der Waals surface area contributed by atoms with Gasteiger partial charge in [-0.25, -0.2) is 4.79 Å². The molecule has 2 atom stereocenters. The summed E-state index contributed by atoms with van der Waals surface area (Å²) in [6.45, 7) is 12.2. The third kappa shape index (κ3) is 4.24. The minimum absolute atomic E-state index is 0. The van der Waals surface area contributed by atoms with Gasteiger partial charge < -0.3 is 33.2 Å². The Kier molecular flexibility index (Phi) is 7.32. The van der Waals surface area contributed by atoms with Crippen LogP contribution in [0.15, 0.2) is 30.3 Å². The average molecular weight is 512 g/mol. The van der Waals surface area contributed by atoms with Gasteiger partial charge in [-0.3, -0.25) is 4.90 Å². The molecule has 0 saturated carbocycles. The zero-order valence-corrected chi connectivity index (χ0v) is 20.4. The topological polar surface area (TPSA) is 29.5 Å². The van der Waals surface area contributed by atoms with Gasteiger partial charge >= 0.3 is 5.97 Å². The Labute approximate surface area is 193 Å². The quantitative estimate of drug-likeness (QED) is 0.335. The van der Waals surface area contributed by atoms with Crippen LogP contribution in [0.5, 0.6) is 0 Å². The SMILES string of the molecule is CC(C)[N+]12CCC(CC1)[C@@H](OC(=O)[C@@](C)(c1ccccc1)N1CCCCC1)C2.[I-]. The lowest BCUT2D eigenvalue weighted by Gasteiger charge is -2.54. The molecule has 2 bridgehead atoms. The number of ether oxygens (including phenoxy) is 1. The van der Waals surface area contributed by atoms with Crippen molar-refractivity contribution < 1.29 is 38.0 Å². The van der Waals surface area contributed by atoms with E-state index in [4.69, 9.17) is 4.74 Å². The second-order valence-corrected chi connectivity index (χ2v) is 9.71. The fourth-order valence-electron chi connectivity index (χ4n) is 5.81. The third-order valence-corrected chi connectivity index (χ3v) is 8.04. The smallest absolute Gasteiger partial charge is 0.331 e. The molecule has 4 saturated heterocycles. The van der Waals surface area contributed by atoms with Crippen LogP contribution in [-0.2, 0) is 15.1 Å². The van der Waals surface area contributed by atoms with Crippen LogP contribution in [0.4, 0.5) is 0 Å². The minimum Gasteiger partial charge on any atom is -1.00 e. The van der Waals surface area contributed by atoms with Crippen LogP contribution in [0.2, 0.25) is 0 Å². The molecule has 1 aromatic carbocycles. The molecule has 162 valence electrons. The van der Waals surface area contributed by atoms with Crippen molar-refractivity contribution in [2.45, 2.75) is 70.6 Å². The summed E-state index contributed by atoms with van der Waals surface area (Å²) in [4.78, 5) is 16.1. The molecule has 4 nitrogen and oxygen atoms in total. The number of likely N-dealkylation sites (tertiary alicyclic amines) is 1. The van der Waals surface area contributed by atoms with Crippen molar-refractivity contribution in [3.05, 3.63) is 35.9 Å². The van der Waals surface area contributed by atoms with Gasteiger partial charge in [-0.15, -0.1) is 0 Å². The van der Waals surface area contributed by atoms with Gasteiger partial charge in [-0.05, 0) is 52.3 Å². The highest BCUT2D eigenvalue weighted by atomic mass is 127. The highest BCUT2D eigenvalue weighted by molar-refractivity contribution is 5.82. The number of benzene rings is 1. The molecular weight excluding hydrogens is 475 g/mol. The van der Waals surface area contributed by atoms with Crippen molar-refractivity contribution in [1.29, 1.82) is 0 Å². The molecule has 5 heteroatoms. The van der Waals surface area contributed by atoms with Crippen molar-refractivity contribution in [3.63, 3.8) is 0 Å². The van der Waals surface area contributed by atoms with Crippen LogP contribution in [0.25, 0.3) is 0 Å². The average Bonchev–Trinajstić information content (AvgIpc) is 2.75. The Hall–Kier alpha value is -0.660. The number of hydrogen-bond acceptors (Lipinski definition) is 3. The van der Waals surface area contributed by atoms with E-state index in [2.05, 4.69) is 37.8 Å². The lowest BCUT2D eigenvalue weighted by Crippen LogP contribution is -3.00. The summed E-state index contributed by atoms with van der Waals surface area (Å²) in [5.41, 5.74) is 0.382. The molecule has 1 aromatic rings. The summed E-state index contributed by atoms with van der Waals surface area (Å²) in [5, 5.41) is 0. The van der Waals surface area contributed by atoms with E-state index in [1.165, 1.54) is 32.4 Å². The molecule has 4 heterocycles. The van der Waals surface area contributed by atoms with E-state index in [9.17, 15) is 4.79 Å². The molecule has 0 aromatic heterocycles. The lowest BCUT2D eigenvalue weighted by atomic mass is 9.81. The van der Waals surface area contributed by atoms with Crippen molar-refractivity contribution in [2.75, 3.05) is 32.7 Å². The molecule has 4 aliphatic heterocycles. The van der Waals surface area contributed by atoms with Crippen LogP contribution in [0, 0.1) is 5.92 Å². The van der Waals surface area contributed by atoms with E-state index in [0.29, 0.717) is 12.0 Å². The maximum Gasteiger partial charge on any atom is 0.331 e. The standard InChI is InChI=1S/C24H37N2O2.HI/c1-19(2)26-16-12-20(13-17-26)22(18-26)28-23(27)24(3,21-10-6-4-7-11-21)25-14-8-5-9-15-25;/h4,6-7,10-11,19-20,22H,5,8-9,12-18H2,1-3H3;1H/q+1;/p-1/t20?,22-,24+,26?;/m0./s1.